The maximum absolute atomic E-state index is 12.4. The van der Waals surface area contributed by atoms with E-state index in [0.717, 1.165) is 74.6 Å². The highest BCUT2D eigenvalue weighted by Crippen LogP contribution is 2.41. The largest absolute Gasteiger partial charge is 0.370 e. The molecule has 1 aliphatic carbocycles. The van der Waals surface area contributed by atoms with Gasteiger partial charge in [-0.1, -0.05) is 6.92 Å². The first-order chi connectivity index (χ1) is 14.6. The molecule has 0 unspecified atom stereocenters. The summed E-state index contributed by atoms with van der Waals surface area (Å²) in [6.07, 6.45) is 3.42. The number of anilines is 1. The van der Waals surface area contributed by atoms with Crippen molar-refractivity contribution in [3.8, 4) is 0 Å². The lowest BCUT2D eigenvalue weighted by molar-refractivity contribution is -0.922. The van der Waals surface area contributed by atoms with Gasteiger partial charge < -0.3 is 19.9 Å². The quantitative estimate of drug-likeness (QED) is 0.688. The molecule has 2 aromatic rings. The molecule has 2 N–H and O–H groups in total. The standard InChI is InChI=1S/C22H33N5O2S/c1-4-23-19(28)14-27(5-2)21-20-16-7-6-15(3)12-17(16)30-22(20)25-18(24-21)13-26-8-10-29-11-9-26/h15H,4-14H2,1-3H3,(H,23,28)/p+1/t15-/m1/s1. The number of ether oxygens (including phenoxy) is 1. The van der Waals surface area contributed by atoms with E-state index in [-0.39, 0.29) is 5.91 Å². The fraction of sp³-hybridized carbons (Fsp3) is 0.682. The Morgan fingerprint density at radius 1 is 1.30 bits per heavy atom. The van der Waals surface area contributed by atoms with Crippen LogP contribution < -0.4 is 15.1 Å². The summed E-state index contributed by atoms with van der Waals surface area (Å²) in [4.78, 5) is 28.6. The number of carbonyl (C=O) groups is 1. The Morgan fingerprint density at radius 3 is 2.83 bits per heavy atom. The van der Waals surface area contributed by atoms with E-state index >= 15 is 0 Å². The molecule has 2 aromatic heterocycles. The molecular weight excluding hydrogens is 398 g/mol. The SMILES string of the molecule is CCNC(=O)CN(CC)c1nc(C[NH+]2CCOCC2)nc2sc3c(c12)CC[C@@H](C)C3. The van der Waals surface area contributed by atoms with Gasteiger partial charge in [-0.05, 0) is 44.6 Å². The smallest absolute Gasteiger partial charge is 0.239 e. The van der Waals surface area contributed by atoms with Crippen LogP contribution in [0.15, 0.2) is 0 Å². The van der Waals surface area contributed by atoms with Gasteiger partial charge in [0.1, 0.15) is 30.3 Å². The van der Waals surface area contributed by atoms with Crippen molar-refractivity contribution < 1.29 is 14.4 Å². The molecule has 7 nitrogen and oxygen atoms in total. The summed E-state index contributed by atoms with van der Waals surface area (Å²) in [7, 11) is 0. The maximum Gasteiger partial charge on any atom is 0.239 e. The van der Waals surface area contributed by atoms with Gasteiger partial charge in [-0.15, -0.1) is 11.3 Å². The minimum Gasteiger partial charge on any atom is -0.370 e. The van der Waals surface area contributed by atoms with Crippen molar-refractivity contribution in [1.82, 2.24) is 15.3 Å². The van der Waals surface area contributed by atoms with Crippen molar-refractivity contribution in [2.75, 3.05) is 50.8 Å². The molecular formula is C22H34N5O2S+. The highest BCUT2D eigenvalue weighted by molar-refractivity contribution is 7.19. The Balaban J connectivity index is 1.74. The van der Waals surface area contributed by atoms with Gasteiger partial charge in [0, 0.05) is 18.0 Å². The maximum atomic E-state index is 12.4. The Bertz CT molecular complexity index is 893. The lowest BCUT2D eigenvalue weighted by Gasteiger charge is -2.26. The third kappa shape index (κ3) is 4.60. The number of hydrogen-bond donors (Lipinski definition) is 2. The zero-order valence-electron chi connectivity index (χ0n) is 18.4. The summed E-state index contributed by atoms with van der Waals surface area (Å²) in [6, 6.07) is 0. The van der Waals surface area contributed by atoms with Gasteiger partial charge in [0.05, 0.1) is 25.1 Å². The predicted molar refractivity (Wildman–Crippen MR) is 120 cm³/mol. The van der Waals surface area contributed by atoms with Crippen LogP contribution in [-0.2, 0) is 28.9 Å². The van der Waals surface area contributed by atoms with Crippen molar-refractivity contribution in [3.05, 3.63) is 16.3 Å². The summed E-state index contributed by atoms with van der Waals surface area (Å²) in [6.45, 7) is 12.5. The number of amides is 1. The highest BCUT2D eigenvalue weighted by atomic mass is 32.1. The molecule has 3 heterocycles. The number of carbonyl (C=O) groups excluding carboxylic acids is 1. The van der Waals surface area contributed by atoms with Crippen LogP contribution in [0.4, 0.5) is 5.82 Å². The van der Waals surface area contributed by atoms with E-state index in [1.54, 1.807) is 0 Å². The molecule has 0 aromatic carbocycles. The first kappa shape index (κ1) is 21.5. The third-order valence-electron chi connectivity index (χ3n) is 6.18. The number of nitrogens with zero attached hydrogens (tertiary/aromatic N) is 3. The number of thiophene rings is 1. The van der Waals surface area contributed by atoms with Gasteiger partial charge in [-0.2, -0.15) is 0 Å². The number of rotatable bonds is 7. The third-order valence-corrected chi connectivity index (χ3v) is 7.33. The molecule has 164 valence electrons. The fourth-order valence-corrected chi connectivity index (χ4v) is 5.89. The second-order valence-electron chi connectivity index (χ2n) is 8.50. The molecule has 0 radical (unpaired) electrons. The number of quaternary nitrogens is 1. The van der Waals surface area contributed by atoms with E-state index < -0.39 is 0 Å². The molecule has 0 saturated carbocycles. The van der Waals surface area contributed by atoms with Crippen molar-refractivity contribution in [2.24, 2.45) is 5.92 Å². The Labute approximate surface area is 182 Å². The van der Waals surface area contributed by atoms with Crippen LogP contribution in [0.1, 0.15) is 43.5 Å². The zero-order chi connectivity index (χ0) is 21.1. The van der Waals surface area contributed by atoms with Crippen LogP contribution in [0, 0.1) is 5.92 Å². The van der Waals surface area contributed by atoms with Gasteiger partial charge in [-0.25, -0.2) is 9.97 Å². The van der Waals surface area contributed by atoms with E-state index in [4.69, 9.17) is 14.7 Å². The Hall–Kier alpha value is -1.77. The number of likely N-dealkylation sites (N-methyl/N-ethyl adjacent to an activating group) is 2. The molecule has 0 bridgehead atoms. The second kappa shape index (κ2) is 9.58. The summed E-state index contributed by atoms with van der Waals surface area (Å²) in [5.41, 5.74) is 1.42. The molecule has 1 fully saturated rings. The molecule has 1 saturated heterocycles. The minimum atomic E-state index is 0.0455. The fourth-order valence-electron chi connectivity index (χ4n) is 4.50. The van der Waals surface area contributed by atoms with Crippen molar-refractivity contribution in [3.63, 3.8) is 0 Å². The Kier molecular flexibility index (Phi) is 6.85. The average Bonchev–Trinajstić information content (AvgIpc) is 3.09. The zero-order valence-corrected chi connectivity index (χ0v) is 19.2. The summed E-state index contributed by atoms with van der Waals surface area (Å²) in [5, 5.41) is 4.12. The van der Waals surface area contributed by atoms with Crippen LogP contribution in [0.3, 0.4) is 0 Å². The molecule has 30 heavy (non-hydrogen) atoms. The van der Waals surface area contributed by atoms with E-state index in [9.17, 15) is 4.79 Å². The van der Waals surface area contributed by atoms with Crippen LogP contribution in [0.25, 0.3) is 10.2 Å². The number of aryl methyl sites for hydroxylation is 1. The van der Waals surface area contributed by atoms with Gasteiger partial charge in [0.15, 0.2) is 5.82 Å². The first-order valence-electron chi connectivity index (χ1n) is 11.3. The molecule has 1 atom stereocenters. The van der Waals surface area contributed by atoms with Crippen molar-refractivity contribution >= 4 is 33.3 Å². The monoisotopic (exact) mass is 432 g/mol. The minimum absolute atomic E-state index is 0.0455. The lowest BCUT2D eigenvalue weighted by Crippen LogP contribution is -3.12. The molecule has 8 heteroatoms. The molecule has 2 aliphatic rings. The van der Waals surface area contributed by atoms with Gasteiger partial charge >= 0.3 is 0 Å². The number of nitrogens with one attached hydrogen (secondary N) is 2. The molecule has 1 aliphatic heterocycles. The lowest BCUT2D eigenvalue weighted by atomic mass is 9.89. The first-order valence-corrected chi connectivity index (χ1v) is 12.1. The van der Waals surface area contributed by atoms with Crippen LogP contribution in [0.5, 0.6) is 0 Å². The van der Waals surface area contributed by atoms with E-state index in [1.165, 1.54) is 27.1 Å². The normalized spacial score (nSPS) is 19.6. The molecule has 4 rings (SSSR count). The second-order valence-corrected chi connectivity index (χ2v) is 9.59. The predicted octanol–water partition coefficient (Wildman–Crippen LogP) is 1.19. The van der Waals surface area contributed by atoms with Crippen LogP contribution in [0.2, 0.25) is 0 Å². The number of morpholine rings is 1. The van der Waals surface area contributed by atoms with Crippen molar-refractivity contribution in [1.29, 1.82) is 0 Å². The summed E-state index contributed by atoms with van der Waals surface area (Å²) in [5.74, 6) is 2.60. The Morgan fingerprint density at radius 2 is 2.10 bits per heavy atom. The molecule has 1 amide bonds. The topological polar surface area (TPSA) is 71.8 Å². The van der Waals surface area contributed by atoms with Gasteiger partial charge in [0.2, 0.25) is 5.91 Å². The number of aromatic nitrogens is 2. The van der Waals surface area contributed by atoms with E-state index in [1.807, 2.05) is 18.3 Å². The van der Waals surface area contributed by atoms with Crippen LogP contribution in [-0.4, -0.2) is 61.8 Å². The number of hydrogen-bond acceptors (Lipinski definition) is 6. The van der Waals surface area contributed by atoms with E-state index in [2.05, 4.69) is 24.1 Å². The van der Waals surface area contributed by atoms with Gasteiger partial charge in [0.25, 0.3) is 0 Å². The van der Waals surface area contributed by atoms with Crippen molar-refractivity contribution in [2.45, 2.75) is 46.6 Å². The highest BCUT2D eigenvalue weighted by Gasteiger charge is 2.27. The van der Waals surface area contributed by atoms with E-state index in [0.29, 0.717) is 13.1 Å². The number of fused-ring (bicyclic) bond motifs is 3. The summed E-state index contributed by atoms with van der Waals surface area (Å²) < 4.78 is 5.51. The average molecular weight is 433 g/mol. The summed E-state index contributed by atoms with van der Waals surface area (Å²) >= 11 is 1.84. The van der Waals surface area contributed by atoms with Gasteiger partial charge in [-0.3, -0.25) is 4.79 Å². The molecule has 0 spiro atoms. The van der Waals surface area contributed by atoms with Crippen LogP contribution >= 0.6 is 11.3 Å².